The highest BCUT2D eigenvalue weighted by Gasteiger charge is 2.29. The number of nitriles is 2. The Hall–Kier alpha value is -3.59. The predicted octanol–water partition coefficient (Wildman–Crippen LogP) is 4.80. The largest absolute Gasteiger partial charge is 0.312 e. The topological polar surface area (TPSA) is 94.7 Å². The number of nitrogens with zero attached hydrogens (tertiary/aromatic N) is 6. The zero-order chi connectivity index (χ0) is 23.0. The van der Waals surface area contributed by atoms with Crippen LogP contribution in [0.15, 0.2) is 64.9 Å². The van der Waals surface area contributed by atoms with Crippen LogP contribution in [0.4, 0.5) is 0 Å². The average molecular weight is 454 g/mol. The summed E-state index contributed by atoms with van der Waals surface area (Å²) in [5.41, 5.74) is 3.90. The minimum Gasteiger partial charge on any atom is -0.312 e. The molecule has 1 saturated heterocycles. The zero-order valence-electron chi connectivity index (χ0n) is 18.5. The minimum atomic E-state index is 0.0919. The lowest BCUT2D eigenvalue weighted by Crippen LogP contribution is -2.46. The van der Waals surface area contributed by atoms with Crippen LogP contribution in [0, 0.1) is 22.7 Å². The van der Waals surface area contributed by atoms with E-state index in [1.54, 1.807) is 16.8 Å². The first-order chi connectivity index (χ1) is 16.0. The Morgan fingerprint density at radius 3 is 2.64 bits per heavy atom. The quantitative estimate of drug-likeness (QED) is 0.477. The van der Waals surface area contributed by atoms with Crippen LogP contribution >= 0.6 is 11.8 Å². The van der Waals surface area contributed by atoms with Crippen molar-refractivity contribution in [3.63, 3.8) is 0 Å². The lowest BCUT2D eigenvalue weighted by molar-refractivity contribution is 0.221. The molecule has 0 spiro atoms. The molecule has 5 rings (SSSR count). The van der Waals surface area contributed by atoms with Crippen LogP contribution in [-0.4, -0.2) is 31.5 Å². The summed E-state index contributed by atoms with van der Waals surface area (Å²) in [6, 6.07) is 14.4. The second-order valence-electron chi connectivity index (χ2n) is 8.93. The predicted molar refractivity (Wildman–Crippen MR) is 127 cm³/mol. The number of pyridine rings is 1. The van der Waals surface area contributed by atoms with E-state index in [9.17, 15) is 10.5 Å². The molecule has 1 aliphatic rings. The Morgan fingerprint density at radius 1 is 1.03 bits per heavy atom. The first kappa shape index (κ1) is 21.3. The molecule has 1 aromatic carbocycles. The van der Waals surface area contributed by atoms with Crippen molar-refractivity contribution >= 4 is 17.3 Å². The molecule has 0 bridgehead atoms. The minimum absolute atomic E-state index is 0.0919. The second-order valence-corrected chi connectivity index (χ2v) is 10.0. The van der Waals surface area contributed by atoms with Gasteiger partial charge in [-0.05, 0) is 51.4 Å². The van der Waals surface area contributed by atoms with E-state index in [1.807, 2.05) is 30.6 Å². The number of aromatic nitrogens is 4. The average Bonchev–Trinajstić information content (AvgIpc) is 3.46. The first-order valence-corrected chi connectivity index (χ1v) is 11.7. The highest BCUT2D eigenvalue weighted by molar-refractivity contribution is 7.99. The third kappa shape index (κ3) is 4.11. The third-order valence-electron chi connectivity index (χ3n) is 6.06. The van der Waals surface area contributed by atoms with Crippen LogP contribution < -0.4 is 5.32 Å². The Bertz CT molecular complexity index is 1420. The summed E-state index contributed by atoms with van der Waals surface area (Å²) in [6.45, 7) is 5.43. The molecule has 33 heavy (non-hydrogen) atoms. The number of hydrogen-bond acceptors (Lipinski definition) is 6. The Labute approximate surface area is 196 Å². The van der Waals surface area contributed by atoms with Gasteiger partial charge in [0.25, 0.3) is 0 Å². The molecule has 7 nitrogen and oxygen atoms in total. The van der Waals surface area contributed by atoms with E-state index >= 15 is 0 Å². The van der Waals surface area contributed by atoms with E-state index in [4.69, 9.17) is 0 Å². The van der Waals surface area contributed by atoms with Crippen LogP contribution in [0.3, 0.4) is 0 Å². The number of nitrogens with one attached hydrogen (secondary N) is 1. The van der Waals surface area contributed by atoms with E-state index in [2.05, 4.69) is 58.4 Å². The Kier molecular flexibility index (Phi) is 5.41. The van der Waals surface area contributed by atoms with E-state index in [0.717, 1.165) is 45.8 Å². The smallest absolute Gasteiger partial charge is 0.103 e. The lowest BCUT2D eigenvalue weighted by Gasteiger charge is -2.36. The molecule has 0 unspecified atom stereocenters. The number of piperidine rings is 1. The molecule has 1 aliphatic heterocycles. The SMILES string of the molecule is CC1(C)C[C@H](n2cc(-c3cc(Sc4ccccc4C#N)c4c(C#N)cnn4c3)cn2)CCN1. The second kappa shape index (κ2) is 8.40. The summed E-state index contributed by atoms with van der Waals surface area (Å²) in [5.74, 6) is 0. The van der Waals surface area contributed by atoms with E-state index in [0.29, 0.717) is 17.2 Å². The van der Waals surface area contributed by atoms with Gasteiger partial charge in [0, 0.05) is 38.9 Å². The van der Waals surface area contributed by atoms with Gasteiger partial charge in [-0.3, -0.25) is 4.68 Å². The molecular formula is C25H23N7S. The summed E-state index contributed by atoms with van der Waals surface area (Å²) >= 11 is 1.48. The summed E-state index contributed by atoms with van der Waals surface area (Å²) in [4.78, 5) is 1.72. The maximum atomic E-state index is 9.61. The lowest BCUT2D eigenvalue weighted by atomic mass is 9.89. The summed E-state index contributed by atoms with van der Waals surface area (Å²) in [6.07, 6.45) is 9.57. The molecule has 1 atom stereocenters. The monoisotopic (exact) mass is 453 g/mol. The summed E-state index contributed by atoms with van der Waals surface area (Å²) in [5, 5.41) is 31.8. The van der Waals surface area contributed by atoms with E-state index < -0.39 is 0 Å². The van der Waals surface area contributed by atoms with Crippen molar-refractivity contribution in [3.05, 3.63) is 66.2 Å². The van der Waals surface area contributed by atoms with Crippen LogP contribution in [0.1, 0.15) is 43.9 Å². The van der Waals surface area contributed by atoms with Crippen molar-refractivity contribution in [2.75, 3.05) is 6.54 Å². The van der Waals surface area contributed by atoms with Gasteiger partial charge in [0.1, 0.15) is 12.1 Å². The molecule has 0 radical (unpaired) electrons. The number of benzene rings is 1. The molecule has 4 heterocycles. The number of rotatable bonds is 4. The van der Waals surface area contributed by atoms with Crippen LogP contribution in [0.25, 0.3) is 16.6 Å². The third-order valence-corrected chi connectivity index (χ3v) is 7.17. The number of fused-ring (bicyclic) bond motifs is 1. The maximum Gasteiger partial charge on any atom is 0.103 e. The van der Waals surface area contributed by atoms with Crippen molar-refractivity contribution in [3.8, 4) is 23.3 Å². The van der Waals surface area contributed by atoms with Gasteiger partial charge in [0.15, 0.2) is 0 Å². The highest BCUT2D eigenvalue weighted by atomic mass is 32.2. The van der Waals surface area contributed by atoms with Crippen molar-refractivity contribution < 1.29 is 0 Å². The van der Waals surface area contributed by atoms with Gasteiger partial charge < -0.3 is 5.32 Å². The van der Waals surface area contributed by atoms with Gasteiger partial charge in [0.05, 0.1) is 35.1 Å². The molecule has 8 heteroatoms. The standard InChI is InChI=1S/C25H23N7S/c1-25(2)10-21(7-8-28-25)31-16-20(14-29-31)18-9-23(24-19(12-27)13-30-32(24)15-18)33-22-6-4-3-5-17(22)11-26/h3-6,9,13-16,21,28H,7-8,10H2,1-2H3/t21-/m1/s1. The molecular weight excluding hydrogens is 430 g/mol. The Balaban J connectivity index is 1.56. The van der Waals surface area contributed by atoms with Crippen molar-refractivity contribution in [1.82, 2.24) is 24.7 Å². The summed E-state index contributed by atoms with van der Waals surface area (Å²) in [7, 11) is 0. The van der Waals surface area contributed by atoms with Gasteiger partial charge in [-0.1, -0.05) is 23.9 Å². The Morgan fingerprint density at radius 2 is 1.85 bits per heavy atom. The molecule has 3 aromatic heterocycles. The molecule has 4 aromatic rings. The molecule has 0 aliphatic carbocycles. The van der Waals surface area contributed by atoms with Gasteiger partial charge in [-0.2, -0.15) is 20.7 Å². The van der Waals surface area contributed by atoms with Crippen LogP contribution in [0.2, 0.25) is 0 Å². The molecule has 1 N–H and O–H groups in total. The fourth-order valence-corrected chi connectivity index (χ4v) is 5.51. The van der Waals surface area contributed by atoms with E-state index in [-0.39, 0.29) is 5.54 Å². The molecule has 1 fully saturated rings. The molecule has 0 saturated carbocycles. The van der Waals surface area contributed by atoms with Crippen molar-refractivity contribution in [2.24, 2.45) is 0 Å². The van der Waals surface area contributed by atoms with Crippen LogP contribution in [0.5, 0.6) is 0 Å². The van der Waals surface area contributed by atoms with Gasteiger partial charge >= 0.3 is 0 Å². The van der Waals surface area contributed by atoms with E-state index in [1.165, 1.54) is 11.8 Å². The zero-order valence-corrected chi connectivity index (χ0v) is 19.3. The van der Waals surface area contributed by atoms with Gasteiger partial charge in [-0.25, -0.2) is 4.52 Å². The van der Waals surface area contributed by atoms with Crippen LogP contribution in [-0.2, 0) is 0 Å². The fraction of sp³-hybridized carbons (Fsp3) is 0.280. The highest BCUT2D eigenvalue weighted by Crippen LogP contribution is 2.37. The van der Waals surface area contributed by atoms with Crippen molar-refractivity contribution in [2.45, 2.75) is 48.1 Å². The summed E-state index contributed by atoms with van der Waals surface area (Å²) < 4.78 is 3.82. The molecule has 164 valence electrons. The molecule has 0 amide bonds. The number of hydrogen-bond donors (Lipinski definition) is 1. The first-order valence-electron chi connectivity index (χ1n) is 10.9. The maximum absolute atomic E-state index is 9.61. The fourth-order valence-electron chi connectivity index (χ4n) is 4.42. The normalized spacial score (nSPS) is 17.5. The van der Waals surface area contributed by atoms with Gasteiger partial charge in [-0.15, -0.1) is 0 Å². The van der Waals surface area contributed by atoms with Gasteiger partial charge in [0.2, 0.25) is 0 Å². The van der Waals surface area contributed by atoms with Crippen molar-refractivity contribution in [1.29, 1.82) is 10.5 Å².